The average molecular weight is 441 g/mol. The van der Waals surface area contributed by atoms with E-state index in [1.807, 2.05) is 26.8 Å². The van der Waals surface area contributed by atoms with Gasteiger partial charge < -0.3 is 18.6 Å². The fourth-order valence-electron chi connectivity index (χ4n) is 3.72. The molecule has 0 saturated carbocycles. The summed E-state index contributed by atoms with van der Waals surface area (Å²) in [5.41, 5.74) is 0.520. The number of carbonyl (C=O) groups excluding carboxylic acids is 1. The normalized spacial score (nSPS) is 29.1. The number of ether oxygens (including phenoxy) is 3. The maximum absolute atomic E-state index is 13.5. The summed E-state index contributed by atoms with van der Waals surface area (Å²) in [7, 11) is -1.98. The zero-order chi connectivity index (χ0) is 21.8. The molecule has 0 amide bonds. The van der Waals surface area contributed by atoms with Crippen LogP contribution in [0.2, 0.25) is 23.2 Å². The lowest BCUT2D eigenvalue weighted by molar-refractivity contribution is -0.187. The molecule has 2 aliphatic heterocycles. The number of ketones is 1. The van der Waals surface area contributed by atoms with Gasteiger partial charge in [-0.3, -0.25) is 4.79 Å². The van der Waals surface area contributed by atoms with Gasteiger partial charge >= 0.3 is 0 Å². The topological polar surface area (TPSA) is 54.0 Å². The predicted octanol–water partition coefficient (Wildman–Crippen LogP) is 5.35. The molecule has 162 valence electrons. The van der Waals surface area contributed by atoms with E-state index in [1.165, 1.54) is 0 Å². The molecule has 0 spiro atoms. The Hall–Kier alpha value is -0.763. The molecule has 5 nitrogen and oxygen atoms in total. The van der Waals surface area contributed by atoms with Crippen molar-refractivity contribution >= 4 is 25.7 Å². The molecule has 3 rings (SSSR count). The Labute approximate surface area is 180 Å². The highest BCUT2D eigenvalue weighted by atomic mass is 35.5. The highest BCUT2D eigenvalue weighted by Crippen LogP contribution is 2.45. The van der Waals surface area contributed by atoms with Gasteiger partial charge in [-0.05, 0) is 62.7 Å². The minimum atomic E-state index is -1.98. The molecule has 2 heterocycles. The van der Waals surface area contributed by atoms with Crippen molar-refractivity contribution in [1.29, 1.82) is 0 Å². The third-order valence-electron chi connectivity index (χ3n) is 6.43. The minimum absolute atomic E-state index is 0.0750. The van der Waals surface area contributed by atoms with Gasteiger partial charge in [0.15, 0.2) is 26.0 Å². The number of hydrogen-bond donors (Lipinski definition) is 0. The second-order valence-electron chi connectivity index (χ2n) is 10.2. The standard InChI is InChI=1S/C22H33ClO5Si/c1-20(2,3)29(7,8)26-12-14-11-15(23)9-10-16(14)18(24)19-22(6)17(13-25-19)27-21(4,5)28-22/h9-11,17,19H,12-13H2,1-8H3/t17-,19+,22-/m0/s1. The van der Waals surface area contributed by atoms with Crippen molar-refractivity contribution < 1.29 is 23.4 Å². The Bertz CT molecular complexity index is 801. The SMILES string of the molecule is CC1(C)O[C@H]2CO[C@H](C(=O)c3ccc(Cl)cc3CO[Si](C)(C)C(C)(C)C)[C@@]2(C)O1. The van der Waals surface area contributed by atoms with Crippen LogP contribution in [0.5, 0.6) is 0 Å². The van der Waals surface area contributed by atoms with Gasteiger partial charge in [-0.2, -0.15) is 0 Å². The van der Waals surface area contributed by atoms with Crippen molar-refractivity contribution in [2.24, 2.45) is 0 Å². The summed E-state index contributed by atoms with van der Waals surface area (Å²) in [6, 6.07) is 5.30. The molecular weight excluding hydrogens is 408 g/mol. The van der Waals surface area contributed by atoms with Crippen LogP contribution in [-0.4, -0.2) is 44.3 Å². The molecule has 1 aromatic rings. The van der Waals surface area contributed by atoms with Crippen LogP contribution >= 0.6 is 11.6 Å². The quantitative estimate of drug-likeness (QED) is 0.456. The van der Waals surface area contributed by atoms with Gasteiger partial charge in [0.05, 0.1) is 13.2 Å². The molecule has 0 aliphatic carbocycles. The van der Waals surface area contributed by atoms with Crippen LogP contribution in [0.25, 0.3) is 0 Å². The van der Waals surface area contributed by atoms with Crippen molar-refractivity contribution in [3.8, 4) is 0 Å². The van der Waals surface area contributed by atoms with Crippen LogP contribution < -0.4 is 0 Å². The molecule has 0 unspecified atom stereocenters. The zero-order valence-electron chi connectivity index (χ0n) is 18.7. The van der Waals surface area contributed by atoms with E-state index in [4.69, 9.17) is 30.2 Å². The Morgan fingerprint density at radius 1 is 1.28 bits per heavy atom. The first kappa shape index (κ1) is 22.9. The lowest BCUT2D eigenvalue weighted by Gasteiger charge is -2.36. The molecule has 2 fully saturated rings. The largest absolute Gasteiger partial charge is 0.413 e. The number of Topliss-reactive ketones (excluding diaryl/α,β-unsaturated/α-hetero) is 1. The highest BCUT2D eigenvalue weighted by molar-refractivity contribution is 6.74. The van der Waals surface area contributed by atoms with Gasteiger partial charge in [0, 0.05) is 10.6 Å². The van der Waals surface area contributed by atoms with Crippen LogP contribution in [-0.2, 0) is 25.2 Å². The van der Waals surface area contributed by atoms with Crippen LogP contribution in [0.15, 0.2) is 18.2 Å². The van der Waals surface area contributed by atoms with Gasteiger partial charge in [-0.1, -0.05) is 32.4 Å². The Morgan fingerprint density at radius 2 is 1.93 bits per heavy atom. The third kappa shape index (κ3) is 4.34. The number of benzene rings is 1. The predicted molar refractivity (Wildman–Crippen MR) is 116 cm³/mol. The maximum Gasteiger partial charge on any atom is 0.195 e. The molecular formula is C22H33ClO5Si. The van der Waals surface area contributed by atoms with E-state index in [0.29, 0.717) is 23.8 Å². The zero-order valence-corrected chi connectivity index (χ0v) is 20.5. The van der Waals surface area contributed by atoms with E-state index in [0.717, 1.165) is 5.56 Å². The van der Waals surface area contributed by atoms with Crippen LogP contribution in [0.4, 0.5) is 0 Å². The monoisotopic (exact) mass is 440 g/mol. The Balaban J connectivity index is 1.87. The molecule has 0 N–H and O–H groups in total. The molecule has 1 aromatic carbocycles. The second kappa shape index (κ2) is 7.43. The van der Waals surface area contributed by atoms with Gasteiger partial charge in [-0.15, -0.1) is 0 Å². The van der Waals surface area contributed by atoms with Crippen molar-refractivity contribution in [2.45, 2.75) is 89.9 Å². The molecule has 0 bridgehead atoms. The lowest BCUT2D eigenvalue weighted by atomic mass is 9.88. The first-order valence-electron chi connectivity index (χ1n) is 10.1. The van der Waals surface area contributed by atoms with Gasteiger partial charge in [0.2, 0.25) is 0 Å². The van der Waals surface area contributed by atoms with E-state index >= 15 is 0 Å². The molecule has 3 atom stereocenters. The fourth-order valence-corrected chi connectivity index (χ4v) is 4.87. The molecule has 0 aromatic heterocycles. The first-order valence-corrected chi connectivity index (χ1v) is 13.4. The first-order chi connectivity index (χ1) is 13.2. The van der Waals surface area contributed by atoms with Crippen LogP contribution in [0.1, 0.15) is 57.5 Å². The highest BCUT2D eigenvalue weighted by Gasteiger charge is 2.61. The summed E-state index contributed by atoms with van der Waals surface area (Å²) in [5.74, 6) is -0.863. The summed E-state index contributed by atoms with van der Waals surface area (Å²) < 4.78 is 24.3. The van der Waals surface area contributed by atoms with E-state index in [-0.39, 0.29) is 16.9 Å². The summed E-state index contributed by atoms with van der Waals surface area (Å²) in [6.07, 6.45) is -1.01. The van der Waals surface area contributed by atoms with Gasteiger partial charge in [0.25, 0.3) is 0 Å². The van der Waals surface area contributed by atoms with E-state index in [1.54, 1.807) is 12.1 Å². The number of carbonyl (C=O) groups is 1. The summed E-state index contributed by atoms with van der Waals surface area (Å²) in [4.78, 5) is 13.5. The van der Waals surface area contributed by atoms with E-state index < -0.39 is 25.8 Å². The molecule has 0 radical (unpaired) electrons. The van der Waals surface area contributed by atoms with Crippen molar-refractivity contribution in [2.75, 3.05) is 6.61 Å². The lowest BCUT2D eigenvalue weighted by Crippen LogP contribution is -2.47. The van der Waals surface area contributed by atoms with Crippen LogP contribution in [0, 0.1) is 0 Å². The number of hydrogen-bond acceptors (Lipinski definition) is 5. The Morgan fingerprint density at radius 3 is 2.55 bits per heavy atom. The van der Waals surface area contributed by atoms with Gasteiger partial charge in [-0.25, -0.2) is 0 Å². The average Bonchev–Trinajstić information content (AvgIpc) is 2.98. The van der Waals surface area contributed by atoms with E-state index in [2.05, 4.69) is 33.9 Å². The minimum Gasteiger partial charge on any atom is -0.413 e. The summed E-state index contributed by atoms with van der Waals surface area (Å²) in [6.45, 7) is 17.2. The molecule has 7 heteroatoms. The molecule has 2 saturated heterocycles. The Kier molecular flexibility index (Phi) is 5.87. The van der Waals surface area contributed by atoms with Crippen LogP contribution in [0.3, 0.4) is 0 Å². The van der Waals surface area contributed by atoms with Crippen molar-refractivity contribution in [3.05, 3.63) is 34.3 Å². The smallest absolute Gasteiger partial charge is 0.195 e. The molecule has 29 heavy (non-hydrogen) atoms. The third-order valence-corrected chi connectivity index (χ3v) is 11.1. The second-order valence-corrected chi connectivity index (χ2v) is 15.5. The summed E-state index contributed by atoms with van der Waals surface area (Å²) >= 11 is 6.24. The number of rotatable bonds is 5. The number of halogens is 1. The van der Waals surface area contributed by atoms with E-state index in [9.17, 15) is 4.79 Å². The van der Waals surface area contributed by atoms with Gasteiger partial charge in [0.1, 0.15) is 11.7 Å². The fraction of sp³-hybridized carbons (Fsp3) is 0.682. The number of fused-ring (bicyclic) bond motifs is 1. The summed E-state index contributed by atoms with van der Waals surface area (Å²) in [5, 5.41) is 0.652. The van der Waals surface area contributed by atoms with Crippen molar-refractivity contribution in [3.63, 3.8) is 0 Å². The maximum atomic E-state index is 13.5. The van der Waals surface area contributed by atoms with Crippen molar-refractivity contribution in [1.82, 2.24) is 0 Å². The molecule has 2 aliphatic rings.